The lowest BCUT2D eigenvalue weighted by Crippen LogP contribution is -3.09. The van der Waals surface area contributed by atoms with E-state index in [9.17, 15) is 4.79 Å². The fourth-order valence-electron chi connectivity index (χ4n) is 2.34. The van der Waals surface area contributed by atoms with E-state index in [2.05, 4.69) is 31.3 Å². The van der Waals surface area contributed by atoms with E-state index in [4.69, 9.17) is 4.74 Å². The van der Waals surface area contributed by atoms with Crippen molar-refractivity contribution in [3.63, 3.8) is 0 Å². The molecule has 124 valence electrons. The maximum absolute atomic E-state index is 11.8. The van der Waals surface area contributed by atoms with Crippen molar-refractivity contribution >= 4 is 5.97 Å². The van der Waals surface area contributed by atoms with Crippen LogP contribution in [-0.2, 0) is 11.2 Å². The van der Waals surface area contributed by atoms with E-state index >= 15 is 0 Å². The van der Waals surface area contributed by atoms with E-state index in [-0.39, 0.29) is 18.4 Å². The quantitative estimate of drug-likeness (QED) is 0.628. The molecule has 1 N–H and O–H groups in total. The predicted octanol–water partition coefficient (Wildman–Crippen LogP) is -1.01. The van der Waals surface area contributed by atoms with Crippen LogP contribution in [0.5, 0.6) is 0 Å². The largest absolute Gasteiger partial charge is 1.00 e. The molecule has 0 aliphatic rings. The minimum Gasteiger partial charge on any atom is -1.00 e. The number of nitrogens with one attached hydrogen (secondary N) is 1. The molecule has 0 saturated carbocycles. The Hall–Kier alpha value is -1.84. The summed E-state index contributed by atoms with van der Waals surface area (Å²) in [5.74, 6) is -0.238. The molecule has 0 heterocycles. The van der Waals surface area contributed by atoms with Crippen molar-refractivity contribution in [2.45, 2.75) is 12.8 Å². The number of quaternary nitrogens is 1. The predicted molar refractivity (Wildman–Crippen MR) is 88.1 cm³/mol. The Bertz CT molecular complexity index is 560. The van der Waals surface area contributed by atoms with Crippen molar-refractivity contribution < 1.29 is 26.8 Å². The molecular weight excluding hydrogens is 310 g/mol. The Labute approximate surface area is 144 Å². The standard InChI is InChI=1S/C19H23NO2.ClH/c1-20(14-8-11-17-9-4-2-5-10-17)15-16-22-19(21)18-12-6-3-7-13-18;/h2-7,9-10,12-13H,8,11,14-16H2,1H3;1H. The molecule has 2 rings (SSSR count). The zero-order chi connectivity index (χ0) is 15.6. The molecule has 4 heteroatoms. The van der Waals surface area contributed by atoms with Crippen molar-refractivity contribution in [3.05, 3.63) is 71.8 Å². The molecule has 0 spiro atoms. The third-order valence-corrected chi connectivity index (χ3v) is 3.68. The lowest BCUT2D eigenvalue weighted by Gasteiger charge is -2.14. The van der Waals surface area contributed by atoms with Crippen molar-refractivity contribution in [2.24, 2.45) is 0 Å². The van der Waals surface area contributed by atoms with E-state index in [1.54, 1.807) is 12.1 Å². The van der Waals surface area contributed by atoms with Crippen LogP contribution in [0, 0.1) is 0 Å². The zero-order valence-corrected chi connectivity index (χ0v) is 14.3. The topological polar surface area (TPSA) is 30.7 Å². The number of hydrogen-bond donors (Lipinski definition) is 1. The van der Waals surface area contributed by atoms with Gasteiger partial charge in [0.25, 0.3) is 0 Å². The number of likely N-dealkylation sites (N-methyl/N-ethyl adjacent to an activating group) is 1. The molecular formula is C19H24ClNO2. The van der Waals surface area contributed by atoms with E-state index in [1.807, 2.05) is 24.3 Å². The molecule has 0 aliphatic carbocycles. The molecule has 1 unspecified atom stereocenters. The van der Waals surface area contributed by atoms with Crippen LogP contribution in [0.4, 0.5) is 0 Å². The molecule has 0 saturated heterocycles. The van der Waals surface area contributed by atoms with Crippen LogP contribution in [0.1, 0.15) is 22.3 Å². The number of aryl methyl sites for hydroxylation is 1. The molecule has 0 amide bonds. The van der Waals surface area contributed by atoms with Gasteiger partial charge in [-0.3, -0.25) is 0 Å². The highest BCUT2D eigenvalue weighted by atomic mass is 35.5. The number of esters is 1. The van der Waals surface area contributed by atoms with Crippen LogP contribution >= 0.6 is 0 Å². The average molecular weight is 334 g/mol. The molecule has 1 atom stereocenters. The Kier molecular flexibility index (Phi) is 9.03. The van der Waals surface area contributed by atoms with Crippen molar-refractivity contribution in [1.82, 2.24) is 0 Å². The van der Waals surface area contributed by atoms with E-state index in [0.29, 0.717) is 12.2 Å². The molecule has 0 bridgehead atoms. The number of carbonyl (C=O) groups is 1. The minimum absolute atomic E-state index is 0. The van der Waals surface area contributed by atoms with Gasteiger partial charge in [0.15, 0.2) is 0 Å². The van der Waals surface area contributed by atoms with Gasteiger partial charge in [0.2, 0.25) is 0 Å². The van der Waals surface area contributed by atoms with E-state index < -0.39 is 0 Å². The fraction of sp³-hybridized carbons (Fsp3) is 0.316. The van der Waals surface area contributed by atoms with Gasteiger partial charge in [-0.15, -0.1) is 0 Å². The van der Waals surface area contributed by atoms with Crippen LogP contribution < -0.4 is 17.3 Å². The van der Waals surface area contributed by atoms with Crippen LogP contribution in [0.15, 0.2) is 60.7 Å². The van der Waals surface area contributed by atoms with Gasteiger partial charge in [0, 0.05) is 6.42 Å². The Morgan fingerprint density at radius 1 is 0.957 bits per heavy atom. The highest BCUT2D eigenvalue weighted by Crippen LogP contribution is 2.01. The van der Waals surface area contributed by atoms with Crippen molar-refractivity contribution in [3.8, 4) is 0 Å². The van der Waals surface area contributed by atoms with Crippen molar-refractivity contribution in [1.29, 1.82) is 0 Å². The normalized spacial score (nSPS) is 11.3. The van der Waals surface area contributed by atoms with Gasteiger partial charge in [-0.05, 0) is 24.1 Å². The summed E-state index contributed by atoms with van der Waals surface area (Å²) in [6.07, 6.45) is 2.24. The smallest absolute Gasteiger partial charge is 0.338 e. The lowest BCUT2D eigenvalue weighted by molar-refractivity contribution is -0.880. The molecule has 0 aromatic heterocycles. The highest BCUT2D eigenvalue weighted by Gasteiger charge is 2.08. The van der Waals surface area contributed by atoms with Crippen LogP contribution in [0.2, 0.25) is 0 Å². The van der Waals surface area contributed by atoms with Gasteiger partial charge in [-0.25, -0.2) is 4.79 Å². The Morgan fingerprint density at radius 3 is 2.22 bits per heavy atom. The average Bonchev–Trinajstić information content (AvgIpc) is 2.56. The van der Waals surface area contributed by atoms with Gasteiger partial charge in [0.1, 0.15) is 13.2 Å². The first kappa shape index (κ1) is 19.2. The summed E-state index contributed by atoms with van der Waals surface area (Å²) in [5.41, 5.74) is 2.00. The number of rotatable bonds is 8. The van der Waals surface area contributed by atoms with Crippen LogP contribution in [-0.4, -0.2) is 32.7 Å². The molecule has 0 fully saturated rings. The molecule has 23 heavy (non-hydrogen) atoms. The number of benzene rings is 2. The summed E-state index contributed by atoms with van der Waals surface area (Å²) < 4.78 is 5.30. The first-order valence-corrected chi connectivity index (χ1v) is 7.83. The maximum Gasteiger partial charge on any atom is 0.338 e. The third-order valence-electron chi connectivity index (χ3n) is 3.68. The van der Waals surface area contributed by atoms with Gasteiger partial charge in [-0.2, -0.15) is 0 Å². The second kappa shape index (κ2) is 10.8. The second-order valence-corrected chi connectivity index (χ2v) is 5.55. The SMILES string of the molecule is C[NH+](CCCc1ccccc1)CCOC(=O)c1ccccc1.[Cl-]. The zero-order valence-electron chi connectivity index (χ0n) is 13.5. The monoisotopic (exact) mass is 333 g/mol. The van der Waals surface area contributed by atoms with Crippen LogP contribution in [0.25, 0.3) is 0 Å². The third kappa shape index (κ3) is 7.31. The maximum atomic E-state index is 11.8. The molecule has 3 nitrogen and oxygen atoms in total. The first-order valence-electron chi connectivity index (χ1n) is 7.83. The van der Waals surface area contributed by atoms with Gasteiger partial charge >= 0.3 is 5.97 Å². The molecule has 2 aromatic carbocycles. The number of halogens is 1. The summed E-state index contributed by atoms with van der Waals surface area (Å²) in [5, 5.41) is 0. The number of ether oxygens (including phenoxy) is 1. The summed E-state index contributed by atoms with van der Waals surface area (Å²) in [4.78, 5) is 13.2. The van der Waals surface area contributed by atoms with E-state index in [0.717, 1.165) is 25.9 Å². The summed E-state index contributed by atoms with van der Waals surface area (Å²) in [6, 6.07) is 19.7. The summed E-state index contributed by atoms with van der Waals surface area (Å²) in [7, 11) is 2.14. The second-order valence-electron chi connectivity index (χ2n) is 5.55. The number of carbonyl (C=O) groups excluding carboxylic acids is 1. The first-order chi connectivity index (χ1) is 10.8. The number of hydrogen-bond acceptors (Lipinski definition) is 2. The summed E-state index contributed by atoms with van der Waals surface area (Å²) >= 11 is 0. The summed E-state index contributed by atoms with van der Waals surface area (Å²) in [6.45, 7) is 2.38. The fourth-order valence-corrected chi connectivity index (χ4v) is 2.34. The lowest BCUT2D eigenvalue weighted by atomic mass is 10.1. The molecule has 2 aromatic rings. The molecule has 0 aliphatic heterocycles. The highest BCUT2D eigenvalue weighted by molar-refractivity contribution is 5.89. The Morgan fingerprint density at radius 2 is 1.57 bits per heavy atom. The Balaban J connectivity index is 0.00000264. The van der Waals surface area contributed by atoms with Gasteiger partial charge < -0.3 is 22.0 Å². The molecule has 0 radical (unpaired) electrons. The van der Waals surface area contributed by atoms with Crippen molar-refractivity contribution in [2.75, 3.05) is 26.7 Å². The van der Waals surface area contributed by atoms with E-state index in [1.165, 1.54) is 10.5 Å². The van der Waals surface area contributed by atoms with Crippen LogP contribution in [0.3, 0.4) is 0 Å². The van der Waals surface area contributed by atoms with Gasteiger partial charge in [-0.1, -0.05) is 48.5 Å². The van der Waals surface area contributed by atoms with Gasteiger partial charge in [0.05, 0.1) is 19.2 Å². The minimum atomic E-state index is -0.238.